The third-order valence-corrected chi connectivity index (χ3v) is 3.58. The van der Waals surface area contributed by atoms with Gasteiger partial charge >= 0.3 is 0 Å². The van der Waals surface area contributed by atoms with Crippen LogP contribution in [0.1, 0.15) is 12.5 Å². The van der Waals surface area contributed by atoms with E-state index in [2.05, 4.69) is 5.32 Å². The van der Waals surface area contributed by atoms with Crippen molar-refractivity contribution in [3.05, 3.63) is 64.9 Å². The summed E-state index contributed by atoms with van der Waals surface area (Å²) in [7, 11) is 0. The summed E-state index contributed by atoms with van der Waals surface area (Å²) in [6, 6.07) is 14.3. The van der Waals surface area contributed by atoms with Crippen LogP contribution in [0.4, 0.5) is 10.1 Å². The fourth-order valence-corrected chi connectivity index (χ4v) is 2.30. The molecule has 2 nitrogen and oxygen atoms in total. The molecule has 2 rings (SSSR count). The van der Waals surface area contributed by atoms with Gasteiger partial charge in [-0.15, -0.1) is 0 Å². The van der Waals surface area contributed by atoms with E-state index in [-0.39, 0.29) is 5.82 Å². The third-order valence-electron chi connectivity index (χ3n) is 3.25. The molecule has 0 fully saturated rings. The Hall–Kier alpha value is -1.58. The van der Waals surface area contributed by atoms with Crippen LogP contribution in [0.15, 0.2) is 48.5 Å². The smallest absolute Gasteiger partial charge is 0.125 e. The molecule has 2 aromatic carbocycles. The van der Waals surface area contributed by atoms with Crippen molar-refractivity contribution in [1.82, 2.24) is 0 Å². The molecule has 0 saturated carbocycles. The van der Waals surface area contributed by atoms with Crippen molar-refractivity contribution in [2.24, 2.45) is 5.73 Å². The summed E-state index contributed by atoms with van der Waals surface area (Å²) < 4.78 is 13.3. The zero-order valence-corrected chi connectivity index (χ0v) is 12.1. The van der Waals surface area contributed by atoms with Gasteiger partial charge in [-0.1, -0.05) is 41.9 Å². The number of nitrogens with two attached hydrogens (primary N) is 1. The van der Waals surface area contributed by atoms with Gasteiger partial charge in [0, 0.05) is 6.54 Å². The van der Waals surface area contributed by atoms with Crippen LogP contribution in [-0.2, 0) is 6.42 Å². The van der Waals surface area contributed by atoms with Crippen molar-refractivity contribution in [3.8, 4) is 0 Å². The maximum absolute atomic E-state index is 13.3. The second kappa shape index (κ2) is 6.25. The summed E-state index contributed by atoms with van der Waals surface area (Å²) in [6.45, 7) is 2.41. The molecule has 20 heavy (non-hydrogen) atoms. The molecule has 0 amide bonds. The highest BCUT2D eigenvalue weighted by atomic mass is 35.5. The molecule has 0 heterocycles. The lowest BCUT2D eigenvalue weighted by Gasteiger charge is -2.31. The van der Waals surface area contributed by atoms with Crippen LogP contribution in [0.5, 0.6) is 0 Å². The minimum absolute atomic E-state index is 0.323. The van der Waals surface area contributed by atoms with Gasteiger partial charge < -0.3 is 11.1 Å². The minimum atomic E-state index is -0.390. The molecule has 0 spiro atoms. The number of nitrogens with one attached hydrogen (secondary N) is 1. The largest absolute Gasteiger partial charge is 0.377 e. The monoisotopic (exact) mass is 292 g/mol. The Kier molecular flexibility index (Phi) is 4.63. The molecule has 106 valence electrons. The second-order valence-corrected chi connectivity index (χ2v) is 5.58. The average Bonchev–Trinajstić information content (AvgIpc) is 2.44. The van der Waals surface area contributed by atoms with Crippen LogP contribution >= 0.6 is 11.6 Å². The van der Waals surface area contributed by atoms with E-state index >= 15 is 0 Å². The van der Waals surface area contributed by atoms with Gasteiger partial charge in [-0.2, -0.15) is 0 Å². The van der Waals surface area contributed by atoms with E-state index in [4.69, 9.17) is 17.3 Å². The molecule has 3 N–H and O–H groups in total. The van der Waals surface area contributed by atoms with E-state index < -0.39 is 5.54 Å². The molecule has 0 saturated heterocycles. The summed E-state index contributed by atoms with van der Waals surface area (Å²) in [6.07, 6.45) is 0.733. The van der Waals surface area contributed by atoms with E-state index in [0.29, 0.717) is 17.3 Å². The minimum Gasteiger partial charge on any atom is -0.377 e. The summed E-state index contributed by atoms with van der Waals surface area (Å²) in [5.41, 5.74) is 7.23. The van der Waals surface area contributed by atoms with Gasteiger partial charge in [0.15, 0.2) is 0 Å². The van der Waals surface area contributed by atoms with Gasteiger partial charge in [-0.05, 0) is 37.1 Å². The van der Waals surface area contributed by atoms with Gasteiger partial charge in [0.05, 0.1) is 16.2 Å². The molecule has 2 aromatic rings. The summed E-state index contributed by atoms with van der Waals surface area (Å²) in [4.78, 5) is 0. The Morgan fingerprint density at radius 3 is 2.55 bits per heavy atom. The molecule has 0 aliphatic rings. The van der Waals surface area contributed by atoms with Crippen molar-refractivity contribution in [2.75, 3.05) is 11.9 Å². The van der Waals surface area contributed by atoms with Crippen molar-refractivity contribution >= 4 is 17.3 Å². The molecule has 1 atom stereocenters. The average molecular weight is 293 g/mol. The van der Waals surface area contributed by atoms with E-state index in [9.17, 15) is 4.39 Å². The quantitative estimate of drug-likeness (QED) is 0.878. The lowest BCUT2D eigenvalue weighted by Crippen LogP contribution is -2.44. The van der Waals surface area contributed by atoms with Crippen molar-refractivity contribution in [1.29, 1.82) is 0 Å². The Morgan fingerprint density at radius 2 is 1.90 bits per heavy atom. The molecule has 0 radical (unpaired) electrons. The number of halogens is 2. The van der Waals surface area contributed by atoms with Crippen molar-refractivity contribution in [3.63, 3.8) is 0 Å². The maximum atomic E-state index is 13.3. The van der Waals surface area contributed by atoms with Gasteiger partial charge in [-0.25, -0.2) is 4.39 Å². The Bertz CT molecular complexity index is 574. The number of anilines is 1. The third kappa shape index (κ3) is 3.71. The summed E-state index contributed by atoms with van der Waals surface area (Å²) in [5, 5.41) is 3.75. The highest BCUT2D eigenvalue weighted by molar-refractivity contribution is 6.33. The molecule has 0 aromatic heterocycles. The van der Waals surface area contributed by atoms with Gasteiger partial charge in [0.1, 0.15) is 5.82 Å². The SMILES string of the molecule is CC(CN)(Cc1ccccc1)Nc1cc(F)ccc1Cl. The first-order valence-electron chi connectivity index (χ1n) is 6.50. The van der Waals surface area contributed by atoms with Crippen molar-refractivity contribution in [2.45, 2.75) is 18.9 Å². The lowest BCUT2D eigenvalue weighted by molar-refractivity contribution is 0.520. The molecule has 0 aliphatic heterocycles. The van der Waals surface area contributed by atoms with Crippen LogP contribution in [0, 0.1) is 5.82 Å². The van der Waals surface area contributed by atoms with E-state index in [1.165, 1.54) is 17.7 Å². The fourth-order valence-electron chi connectivity index (χ4n) is 2.13. The fraction of sp³-hybridized carbons (Fsp3) is 0.250. The van der Waals surface area contributed by atoms with Crippen LogP contribution in [-0.4, -0.2) is 12.1 Å². The molecular weight excluding hydrogens is 275 g/mol. The topological polar surface area (TPSA) is 38.0 Å². The molecular formula is C16H18ClFN2. The second-order valence-electron chi connectivity index (χ2n) is 5.18. The number of hydrogen-bond donors (Lipinski definition) is 2. The molecule has 4 heteroatoms. The molecule has 1 unspecified atom stereocenters. The van der Waals surface area contributed by atoms with Gasteiger partial charge in [0.25, 0.3) is 0 Å². The van der Waals surface area contributed by atoms with E-state index in [1.807, 2.05) is 37.3 Å². The zero-order valence-electron chi connectivity index (χ0n) is 11.4. The van der Waals surface area contributed by atoms with Gasteiger partial charge in [0.2, 0.25) is 0 Å². The molecule has 0 bridgehead atoms. The van der Waals surface area contributed by atoms with E-state index in [0.717, 1.165) is 6.42 Å². The summed E-state index contributed by atoms with van der Waals surface area (Å²) >= 11 is 6.09. The number of hydrogen-bond acceptors (Lipinski definition) is 2. The Balaban J connectivity index is 2.20. The van der Waals surface area contributed by atoms with Crippen LogP contribution < -0.4 is 11.1 Å². The predicted octanol–water partition coefficient (Wildman–Crippen LogP) is 3.85. The zero-order chi connectivity index (χ0) is 14.6. The van der Waals surface area contributed by atoms with Crippen LogP contribution in [0.2, 0.25) is 5.02 Å². The van der Waals surface area contributed by atoms with Crippen molar-refractivity contribution < 1.29 is 4.39 Å². The maximum Gasteiger partial charge on any atom is 0.125 e. The Morgan fingerprint density at radius 1 is 1.20 bits per heavy atom. The highest BCUT2D eigenvalue weighted by Crippen LogP contribution is 2.27. The first-order chi connectivity index (χ1) is 9.52. The first-order valence-corrected chi connectivity index (χ1v) is 6.87. The van der Waals surface area contributed by atoms with Crippen LogP contribution in [0.3, 0.4) is 0 Å². The molecule has 0 aliphatic carbocycles. The van der Waals surface area contributed by atoms with Crippen LogP contribution in [0.25, 0.3) is 0 Å². The number of benzene rings is 2. The number of rotatable bonds is 5. The highest BCUT2D eigenvalue weighted by Gasteiger charge is 2.23. The Labute approximate surface area is 123 Å². The van der Waals surface area contributed by atoms with Gasteiger partial charge in [-0.3, -0.25) is 0 Å². The standard InChI is InChI=1S/C16H18ClFN2/c1-16(11-19,10-12-5-3-2-4-6-12)20-15-9-13(18)7-8-14(15)17/h2-9,20H,10-11,19H2,1H3. The summed E-state index contributed by atoms with van der Waals surface area (Å²) in [5.74, 6) is -0.323. The first kappa shape index (κ1) is 14.8. The van der Waals surface area contributed by atoms with E-state index in [1.54, 1.807) is 6.07 Å². The normalized spacial score (nSPS) is 13.8. The lowest BCUT2D eigenvalue weighted by atomic mass is 9.92. The predicted molar refractivity (Wildman–Crippen MR) is 82.6 cm³/mol.